The molecule has 0 unspecified atom stereocenters. The molecule has 1 aromatic heterocycles. The molecule has 5 rings (SSSR count). The average Bonchev–Trinajstić information content (AvgIpc) is 3.44. The smallest absolute Gasteiger partial charge is 0.183 e. The molecule has 6 heteroatoms. The van der Waals surface area contributed by atoms with Crippen molar-refractivity contribution in [1.82, 2.24) is 15.1 Å². The normalized spacial score (nSPS) is 28.0. The monoisotopic (exact) mass is 405 g/mol. The van der Waals surface area contributed by atoms with Crippen molar-refractivity contribution in [3.8, 4) is 11.1 Å². The largest absolute Gasteiger partial charge is 0.389 e. The van der Waals surface area contributed by atoms with Gasteiger partial charge in [-0.3, -0.25) is 4.68 Å². The van der Waals surface area contributed by atoms with Crippen LogP contribution >= 0.6 is 0 Å². The Hall–Kier alpha value is -2.51. The van der Waals surface area contributed by atoms with E-state index in [0.29, 0.717) is 6.61 Å². The second kappa shape index (κ2) is 8.70. The molecule has 3 heterocycles. The third-order valence-corrected chi connectivity index (χ3v) is 6.01. The van der Waals surface area contributed by atoms with Crippen LogP contribution in [0.15, 0.2) is 73.1 Å². The lowest BCUT2D eigenvalue weighted by molar-refractivity contribution is -0.167. The number of aromatic nitrogens is 2. The number of ether oxygens (including phenoxy) is 2. The topological polar surface area (TPSA) is 68.5 Å². The van der Waals surface area contributed by atoms with Gasteiger partial charge >= 0.3 is 0 Å². The van der Waals surface area contributed by atoms with E-state index in [-0.39, 0.29) is 18.2 Å². The number of aryl methyl sites for hydroxylation is 1. The lowest BCUT2D eigenvalue weighted by atomic mass is 9.96. The van der Waals surface area contributed by atoms with Gasteiger partial charge in [0.15, 0.2) is 6.29 Å². The summed E-state index contributed by atoms with van der Waals surface area (Å²) >= 11 is 0. The van der Waals surface area contributed by atoms with Crippen LogP contribution in [0.4, 0.5) is 0 Å². The predicted molar refractivity (Wildman–Crippen MR) is 114 cm³/mol. The Labute approximate surface area is 176 Å². The highest BCUT2D eigenvalue weighted by Crippen LogP contribution is 2.36. The minimum atomic E-state index is -0.642. The number of hydrogen-bond acceptors (Lipinski definition) is 5. The van der Waals surface area contributed by atoms with Gasteiger partial charge in [-0.2, -0.15) is 5.10 Å². The molecule has 2 aliphatic heterocycles. The molecule has 0 amide bonds. The molecule has 30 heavy (non-hydrogen) atoms. The van der Waals surface area contributed by atoms with Gasteiger partial charge in [-0.05, 0) is 30.5 Å². The molecule has 0 saturated carbocycles. The minimum absolute atomic E-state index is 0.137. The number of aliphatic hydroxyl groups is 1. The molecule has 2 fully saturated rings. The van der Waals surface area contributed by atoms with Gasteiger partial charge in [0.25, 0.3) is 0 Å². The number of hydrogen-bond donors (Lipinski definition) is 2. The van der Waals surface area contributed by atoms with Gasteiger partial charge in [0.05, 0.1) is 24.9 Å². The summed E-state index contributed by atoms with van der Waals surface area (Å²) < 4.78 is 13.7. The zero-order valence-corrected chi connectivity index (χ0v) is 16.8. The summed E-state index contributed by atoms with van der Waals surface area (Å²) in [6, 6.07) is 20.0. The fourth-order valence-electron chi connectivity index (χ4n) is 4.42. The highest BCUT2D eigenvalue weighted by molar-refractivity contribution is 5.61. The molecule has 5 atom stereocenters. The fraction of sp³-hybridized carbons (Fsp3) is 0.375. The molecule has 156 valence electrons. The molecule has 2 saturated heterocycles. The standard InChI is InChI=1S/C24H27N3O3/c28-23-21(25-13-7-10-17-8-3-1-4-9-17)20-16-29-24(30-20)22(23)27-15-19(14-26-27)18-11-5-2-6-12-18/h1-6,8-9,11-12,14-15,20-25,28H,7,10,13,16H2/t20-,21-,22-,23+,24-/m1/s1. The number of rotatable bonds is 7. The molecular formula is C24H27N3O3. The minimum Gasteiger partial charge on any atom is -0.389 e. The number of fused-ring (bicyclic) bond motifs is 2. The first kappa shape index (κ1) is 19.5. The highest BCUT2D eigenvalue weighted by Gasteiger charge is 2.51. The van der Waals surface area contributed by atoms with Crippen LogP contribution in [-0.4, -0.2) is 52.6 Å². The number of benzene rings is 2. The van der Waals surface area contributed by atoms with Gasteiger partial charge in [0.1, 0.15) is 12.1 Å². The molecule has 2 aliphatic rings. The number of aliphatic hydroxyl groups excluding tert-OH is 1. The van der Waals surface area contributed by atoms with Crippen LogP contribution in [0.5, 0.6) is 0 Å². The molecule has 3 aromatic rings. The molecule has 2 aromatic carbocycles. The lowest BCUT2D eigenvalue weighted by Gasteiger charge is -2.38. The third kappa shape index (κ3) is 3.91. The molecule has 0 spiro atoms. The van der Waals surface area contributed by atoms with Crippen LogP contribution in [-0.2, 0) is 15.9 Å². The van der Waals surface area contributed by atoms with Crippen molar-refractivity contribution in [2.45, 2.75) is 43.4 Å². The van der Waals surface area contributed by atoms with E-state index in [9.17, 15) is 5.11 Å². The van der Waals surface area contributed by atoms with Gasteiger partial charge in [0, 0.05) is 11.8 Å². The van der Waals surface area contributed by atoms with E-state index in [1.165, 1.54) is 5.56 Å². The van der Waals surface area contributed by atoms with Gasteiger partial charge in [0.2, 0.25) is 0 Å². The Morgan fingerprint density at radius 2 is 1.80 bits per heavy atom. The van der Waals surface area contributed by atoms with Gasteiger partial charge < -0.3 is 19.9 Å². The summed E-state index contributed by atoms with van der Waals surface area (Å²) in [6.07, 6.45) is 4.53. The van der Waals surface area contributed by atoms with Gasteiger partial charge in [-0.15, -0.1) is 0 Å². The van der Waals surface area contributed by atoms with Crippen LogP contribution in [0, 0.1) is 0 Å². The summed E-state index contributed by atoms with van der Waals surface area (Å²) in [4.78, 5) is 0. The zero-order valence-electron chi connectivity index (χ0n) is 16.8. The lowest BCUT2D eigenvalue weighted by Crippen LogP contribution is -2.57. The van der Waals surface area contributed by atoms with E-state index < -0.39 is 12.4 Å². The average molecular weight is 405 g/mol. The summed E-state index contributed by atoms with van der Waals surface area (Å²) in [7, 11) is 0. The van der Waals surface area contributed by atoms with E-state index in [0.717, 1.165) is 30.5 Å². The molecule has 6 nitrogen and oxygen atoms in total. The molecule has 0 radical (unpaired) electrons. The Morgan fingerprint density at radius 1 is 1.03 bits per heavy atom. The SMILES string of the molecule is O[C@H]1[C@H](NCCCc2ccccc2)[C@H]2CO[C@H](O2)[C@@H]1n1cc(-c2ccccc2)cn1. The van der Waals surface area contributed by atoms with E-state index in [2.05, 4.69) is 34.7 Å². The van der Waals surface area contributed by atoms with Crippen LogP contribution < -0.4 is 5.32 Å². The maximum absolute atomic E-state index is 11.2. The fourth-order valence-corrected chi connectivity index (χ4v) is 4.42. The Balaban J connectivity index is 1.26. The molecule has 0 aliphatic carbocycles. The second-order valence-corrected chi connectivity index (χ2v) is 8.00. The van der Waals surface area contributed by atoms with Gasteiger partial charge in [-0.1, -0.05) is 60.7 Å². The molecular weight excluding hydrogens is 378 g/mol. The summed E-state index contributed by atoms with van der Waals surface area (Å²) in [5.41, 5.74) is 3.43. The highest BCUT2D eigenvalue weighted by atomic mass is 16.7. The maximum Gasteiger partial charge on any atom is 0.183 e. The first-order valence-corrected chi connectivity index (χ1v) is 10.6. The van der Waals surface area contributed by atoms with E-state index in [4.69, 9.17) is 9.47 Å². The predicted octanol–water partition coefficient (Wildman–Crippen LogP) is 2.80. The first-order valence-electron chi connectivity index (χ1n) is 10.6. The summed E-state index contributed by atoms with van der Waals surface area (Å²) in [5.74, 6) is 0. The number of nitrogens with one attached hydrogen (secondary N) is 1. The van der Waals surface area contributed by atoms with Crippen LogP contribution in [0.2, 0.25) is 0 Å². The van der Waals surface area contributed by atoms with Gasteiger partial charge in [-0.25, -0.2) is 0 Å². The van der Waals surface area contributed by atoms with E-state index in [1.807, 2.05) is 48.8 Å². The third-order valence-electron chi connectivity index (χ3n) is 6.01. The van der Waals surface area contributed by atoms with Crippen molar-refractivity contribution in [2.75, 3.05) is 13.2 Å². The Kier molecular flexibility index (Phi) is 5.64. The Morgan fingerprint density at radius 3 is 2.60 bits per heavy atom. The van der Waals surface area contributed by atoms with Crippen molar-refractivity contribution in [2.24, 2.45) is 0 Å². The van der Waals surface area contributed by atoms with Crippen molar-refractivity contribution < 1.29 is 14.6 Å². The first-order chi connectivity index (χ1) is 14.8. The quantitative estimate of drug-likeness (QED) is 0.592. The van der Waals surface area contributed by atoms with Crippen molar-refractivity contribution in [3.05, 3.63) is 78.6 Å². The summed E-state index contributed by atoms with van der Waals surface area (Å²) in [5, 5.41) is 19.2. The molecule has 2 N–H and O–H groups in total. The number of nitrogens with zero attached hydrogens (tertiary/aromatic N) is 2. The van der Waals surface area contributed by atoms with E-state index >= 15 is 0 Å². The summed E-state index contributed by atoms with van der Waals surface area (Å²) in [6.45, 7) is 1.30. The zero-order chi connectivity index (χ0) is 20.3. The van der Waals surface area contributed by atoms with Crippen LogP contribution in [0.1, 0.15) is 18.0 Å². The molecule has 2 bridgehead atoms. The van der Waals surface area contributed by atoms with Crippen molar-refractivity contribution in [1.29, 1.82) is 0 Å². The van der Waals surface area contributed by atoms with Crippen molar-refractivity contribution in [3.63, 3.8) is 0 Å². The van der Waals surface area contributed by atoms with Crippen molar-refractivity contribution >= 4 is 0 Å². The second-order valence-electron chi connectivity index (χ2n) is 8.00. The van der Waals surface area contributed by atoms with Crippen LogP contribution in [0.3, 0.4) is 0 Å². The maximum atomic E-state index is 11.2. The van der Waals surface area contributed by atoms with Crippen LogP contribution in [0.25, 0.3) is 11.1 Å². The van der Waals surface area contributed by atoms with E-state index in [1.54, 1.807) is 4.68 Å². The Bertz CT molecular complexity index is 947.